The average Bonchev–Trinajstić information content (AvgIpc) is 2.52. The third-order valence-electron chi connectivity index (χ3n) is 3.76. The van der Waals surface area contributed by atoms with Crippen molar-refractivity contribution in [3.8, 4) is 0 Å². The number of ether oxygens (including phenoxy) is 1. The lowest BCUT2D eigenvalue weighted by Crippen LogP contribution is -2.39. The molecule has 1 atom stereocenters. The van der Waals surface area contributed by atoms with Crippen molar-refractivity contribution in [2.75, 3.05) is 26.8 Å². The molecule has 1 rings (SSSR count). The highest BCUT2D eigenvalue weighted by molar-refractivity contribution is 5.78. The number of nitrogens with one attached hydrogen (secondary N) is 2. The van der Waals surface area contributed by atoms with E-state index in [0.29, 0.717) is 25.6 Å². The largest absolute Gasteiger partial charge is 0.383 e. The smallest absolute Gasteiger partial charge is 0.234 e. The molecule has 118 valence electrons. The normalized spacial score (nSPS) is 12.4. The van der Waals surface area contributed by atoms with Gasteiger partial charge in [-0.05, 0) is 11.5 Å². The van der Waals surface area contributed by atoms with Crippen LogP contribution in [0.1, 0.15) is 38.3 Å². The van der Waals surface area contributed by atoms with E-state index in [-0.39, 0.29) is 11.9 Å². The van der Waals surface area contributed by atoms with Crippen LogP contribution in [0.15, 0.2) is 30.3 Å². The van der Waals surface area contributed by atoms with Crippen LogP contribution in [0.25, 0.3) is 0 Å². The third-order valence-corrected chi connectivity index (χ3v) is 3.76. The Kier molecular flexibility index (Phi) is 8.71. The van der Waals surface area contributed by atoms with Gasteiger partial charge in [0.05, 0.1) is 19.2 Å². The Balaban J connectivity index is 2.63. The Labute approximate surface area is 128 Å². The number of rotatable bonds is 10. The van der Waals surface area contributed by atoms with Crippen molar-refractivity contribution < 1.29 is 9.53 Å². The number of carbonyl (C=O) groups is 1. The molecule has 1 unspecified atom stereocenters. The highest BCUT2D eigenvalue weighted by Gasteiger charge is 2.21. The molecule has 0 aliphatic rings. The monoisotopic (exact) mass is 292 g/mol. The summed E-state index contributed by atoms with van der Waals surface area (Å²) in [4.78, 5) is 12.1. The first kappa shape index (κ1) is 17.7. The molecule has 2 N–H and O–H groups in total. The van der Waals surface area contributed by atoms with Gasteiger partial charge in [-0.3, -0.25) is 4.79 Å². The lowest BCUT2D eigenvalue weighted by Gasteiger charge is -2.27. The third kappa shape index (κ3) is 6.27. The van der Waals surface area contributed by atoms with E-state index in [2.05, 4.69) is 36.6 Å². The molecule has 1 aromatic carbocycles. The van der Waals surface area contributed by atoms with E-state index in [4.69, 9.17) is 4.74 Å². The van der Waals surface area contributed by atoms with Gasteiger partial charge in [-0.1, -0.05) is 57.0 Å². The summed E-state index contributed by atoms with van der Waals surface area (Å²) in [6.07, 6.45) is 2.10. The molecule has 0 spiro atoms. The molecule has 0 fully saturated rings. The maximum atomic E-state index is 12.1. The Morgan fingerprint density at radius 1 is 1.19 bits per heavy atom. The van der Waals surface area contributed by atoms with E-state index in [9.17, 15) is 4.79 Å². The summed E-state index contributed by atoms with van der Waals surface area (Å²) >= 11 is 0. The van der Waals surface area contributed by atoms with Gasteiger partial charge >= 0.3 is 0 Å². The van der Waals surface area contributed by atoms with E-state index in [1.54, 1.807) is 7.11 Å². The highest BCUT2D eigenvalue weighted by atomic mass is 16.5. The zero-order valence-corrected chi connectivity index (χ0v) is 13.4. The van der Waals surface area contributed by atoms with Crippen molar-refractivity contribution in [1.29, 1.82) is 0 Å². The molecular formula is C17H28N2O2. The van der Waals surface area contributed by atoms with Gasteiger partial charge in [0.1, 0.15) is 0 Å². The summed E-state index contributed by atoms with van der Waals surface area (Å²) in [5.41, 5.74) is 1.18. The Hall–Kier alpha value is -1.39. The van der Waals surface area contributed by atoms with Gasteiger partial charge in [0.2, 0.25) is 5.91 Å². The van der Waals surface area contributed by atoms with Gasteiger partial charge in [0.15, 0.2) is 0 Å². The molecule has 4 heteroatoms. The number of amides is 1. The standard InChI is InChI=1S/C17H28N2O2/c1-4-14(5-2)17(15-9-7-6-8-10-15)19-16(20)13-18-11-12-21-3/h6-10,14,17-18H,4-5,11-13H2,1-3H3,(H,19,20). The molecule has 21 heavy (non-hydrogen) atoms. The van der Waals surface area contributed by atoms with Crippen LogP contribution in [0.2, 0.25) is 0 Å². The van der Waals surface area contributed by atoms with Crippen LogP contribution in [0.5, 0.6) is 0 Å². The van der Waals surface area contributed by atoms with Crippen molar-refractivity contribution in [3.05, 3.63) is 35.9 Å². The van der Waals surface area contributed by atoms with Gasteiger partial charge < -0.3 is 15.4 Å². The number of methoxy groups -OCH3 is 1. The van der Waals surface area contributed by atoms with Crippen molar-refractivity contribution in [1.82, 2.24) is 10.6 Å². The minimum atomic E-state index is 0.0341. The first-order chi connectivity index (χ1) is 10.2. The first-order valence-electron chi connectivity index (χ1n) is 7.76. The number of carbonyl (C=O) groups excluding carboxylic acids is 1. The fourth-order valence-corrected chi connectivity index (χ4v) is 2.49. The molecule has 0 saturated carbocycles. The molecule has 4 nitrogen and oxygen atoms in total. The molecule has 1 amide bonds. The topological polar surface area (TPSA) is 50.4 Å². The first-order valence-corrected chi connectivity index (χ1v) is 7.76. The second-order valence-electron chi connectivity index (χ2n) is 5.20. The van der Waals surface area contributed by atoms with E-state index < -0.39 is 0 Å². The number of benzene rings is 1. The summed E-state index contributed by atoms with van der Waals surface area (Å²) < 4.78 is 4.95. The summed E-state index contributed by atoms with van der Waals surface area (Å²) in [5.74, 6) is 0.488. The summed E-state index contributed by atoms with van der Waals surface area (Å²) in [7, 11) is 1.65. The van der Waals surface area contributed by atoms with Crippen LogP contribution < -0.4 is 10.6 Å². The van der Waals surface area contributed by atoms with Crippen LogP contribution in [0.3, 0.4) is 0 Å². The Morgan fingerprint density at radius 2 is 1.86 bits per heavy atom. The van der Waals surface area contributed by atoms with Gasteiger partial charge in [-0.15, -0.1) is 0 Å². The zero-order chi connectivity index (χ0) is 15.5. The predicted octanol–water partition coefficient (Wildman–Crippen LogP) is 2.52. The fourth-order valence-electron chi connectivity index (χ4n) is 2.49. The minimum Gasteiger partial charge on any atom is -0.383 e. The van der Waals surface area contributed by atoms with Gasteiger partial charge in [0.25, 0.3) is 0 Å². The molecule has 0 aliphatic carbocycles. The highest BCUT2D eigenvalue weighted by Crippen LogP contribution is 2.27. The van der Waals surface area contributed by atoms with Gasteiger partial charge in [-0.2, -0.15) is 0 Å². The van der Waals surface area contributed by atoms with E-state index in [1.165, 1.54) is 5.56 Å². The van der Waals surface area contributed by atoms with Crippen LogP contribution in [0.4, 0.5) is 0 Å². The molecule has 0 aliphatic heterocycles. The summed E-state index contributed by atoms with van der Waals surface area (Å²) in [5, 5.41) is 6.25. The zero-order valence-electron chi connectivity index (χ0n) is 13.4. The number of hydrogen-bond donors (Lipinski definition) is 2. The molecule has 1 aromatic rings. The van der Waals surface area contributed by atoms with Crippen molar-refractivity contribution >= 4 is 5.91 Å². The minimum absolute atomic E-state index is 0.0341. The lowest BCUT2D eigenvalue weighted by atomic mass is 9.89. The molecule has 0 saturated heterocycles. The quantitative estimate of drug-likeness (QED) is 0.652. The van der Waals surface area contributed by atoms with Crippen molar-refractivity contribution in [3.63, 3.8) is 0 Å². The van der Waals surface area contributed by atoms with E-state index >= 15 is 0 Å². The van der Waals surface area contributed by atoms with E-state index in [1.807, 2.05) is 18.2 Å². The van der Waals surface area contributed by atoms with Gasteiger partial charge in [0, 0.05) is 13.7 Å². The van der Waals surface area contributed by atoms with Crippen LogP contribution >= 0.6 is 0 Å². The molecule has 0 heterocycles. The van der Waals surface area contributed by atoms with E-state index in [0.717, 1.165) is 12.8 Å². The predicted molar refractivity (Wildman–Crippen MR) is 86.1 cm³/mol. The Bertz CT molecular complexity index is 391. The average molecular weight is 292 g/mol. The number of hydrogen-bond acceptors (Lipinski definition) is 3. The Morgan fingerprint density at radius 3 is 2.43 bits per heavy atom. The van der Waals surface area contributed by atoms with Gasteiger partial charge in [-0.25, -0.2) is 0 Å². The fraction of sp³-hybridized carbons (Fsp3) is 0.588. The molecule has 0 aromatic heterocycles. The second kappa shape index (κ2) is 10.4. The maximum Gasteiger partial charge on any atom is 0.234 e. The van der Waals surface area contributed by atoms with Crippen LogP contribution in [-0.4, -0.2) is 32.7 Å². The second-order valence-corrected chi connectivity index (χ2v) is 5.20. The molecule has 0 radical (unpaired) electrons. The van der Waals surface area contributed by atoms with Crippen LogP contribution in [-0.2, 0) is 9.53 Å². The molecule has 0 bridgehead atoms. The summed E-state index contributed by atoms with van der Waals surface area (Å²) in [6.45, 7) is 5.97. The summed E-state index contributed by atoms with van der Waals surface area (Å²) in [6, 6.07) is 10.3. The maximum absolute atomic E-state index is 12.1. The van der Waals surface area contributed by atoms with Crippen molar-refractivity contribution in [2.45, 2.75) is 32.7 Å². The van der Waals surface area contributed by atoms with Crippen LogP contribution in [0, 0.1) is 5.92 Å². The lowest BCUT2D eigenvalue weighted by molar-refractivity contribution is -0.121. The molecular weight excluding hydrogens is 264 g/mol. The van der Waals surface area contributed by atoms with Crippen molar-refractivity contribution in [2.24, 2.45) is 5.92 Å². The SMILES string of the molecule is CCC(CC)C(NC(=O)CNCCOC)c1ccccc1.